The lowest BCUT2D eigenvalue weighted by atomic mass is 10.1. The van der Waals surface area contributed by atoms with E-state index in [1.165, 1.54) is 6.39 Å². The summed E-state index contributed by atoms with van der Waals surface area (Å²) >= 11 is 0. The van der Waals surface area contributed by atoms with Crippen molar-refractivity contribution in [1.29, 1.82) is 0 Å². The number of aliphatic hydroxyl groups is 1. The number of aromatic nitrogens is 2. The van der Waals surface area contributed by atoms with Crippen LogP contribution in [0.25, 0.3) is 11.5 Å². The van der Waals surface area contributed by atoms with E-state index in [4.69, 9.17) is 4.42 Å². The van der Waals surface area contributed by atoms with Gasteiger partial charge >= 0.3 is 6.03 Å². The van der Waals surface area contributed by atoms with E-state index < -0.39 is 0 Å². The standard InChI is InChI=1S/C18H18N4O3/c1-12-6-7-13(17-22-20-11-25-17)8-16(12)21-18(24)19-9-14-4-2-3-5-15(14)10-23/h2-8,11,23H,9-10H2,1H3,(H2,19,21,24). The summed E-state index contributed by atoms with van der Waals surface area (Å²) in [6.07, 6.45) is 1.26. The van der Waals surface area contributed by atoms with Crippen LogP contribution in [0.15, 0.2) is 53.3 Å². The Hall–Kier alpha value is -3.19. The minimum atomic E-state index is -0.335. The van der Waals surface area contributed by atoms with E-state index in [1.54, 1.807) is 6.07 Å². The number of carbonyl (C=O) groups excluding carboxylic acids is 1. The second-order valence-corrected chi connectivity index (χ2v) is 5.51. The van der Waals surface area contributed by atoms with Gasteiger partial charge in [0.15, 0.2) is 0 Å². The molecule has 0 spiro atoms. The minimum absolute atomic E-state index is 0.0647. The maximum atomic E-state index is 12.2. The number of aliphatic hydroxyl groups excluding tert-OH is 1. The Morgan fingerprint density at radius 3 is 2.72 bits per heavy atom. The fraction of sp³-hybridized carbons (Fsp3) is 0.167. The summed E-state index contributed by atoms with van der Waals surface area (Å²) in [6.45, 7) is 2.16. The van der Waals surface area contributed by atoms with Crippen LogP contribution < -0.4 is 10.6 Å². The minimum Gasteiger partial charge on any atom is -0.423 e. The van der Waals surface area contributed by atoms with Gasteiger partial charge in [0, 0.05) is 17.8 Å². The van der Waals surface area contributed by atoms with Crippen LogP contribution in [0, 0.1) is 6.92 Å². The van der Waals surface area contributed by atoms with Crippen molar-refractivity contribution in [3.05, 3.63) is 65.5 Å². The third-order valence-electron chi connectivity index (χ3n) is 3.82. The largest absolute Gasteiger partial charge is 0.423 e. The molecule has 2 amide bonds. The predicted octanol–water partition coefficient (Wildman–Crippen LogP) is 2.86. The van der Waals surface area contributed by atoms with Crippen LogP contribution in [0.3, 0.4) is 0 Å². The monoisotopic (exact) mass is 338 g/mol. The number of amides is 2. The molecule has 3 rings (SSSR count). The molecule has 1 aromatic heterocycles. The van der Waals surface area contributed by atoms with E-state index in [9.17, 15) is 9.90 Å². The molecule has 0 aliphatic rings. The summed E-state index contributed by atoms with van der Waals surface area (Å²) in [5.74, 6) is 0.389. The number of urea groups is 1. The number of benzene rings is 2. The van der Waals surface area contributed by atoms with Crippen molar-refractivity contribution in [1.82, 2.24) is 15.5 Å². The molecule has 0 fully saturated rings. The third-order valence-corrected chi connectivity index (χ3v) is 3.82. The Morgan fingerprint density at radius 2 is 2.00 bits per heavy atom. The molecule has 0 unspecified atom stereocenters. The van der Waals surface area contributed by atoms with E-state index in [0.717, 1.165) is 22.3 Å². The quantitative estimate of drug-likeness (QED) is 0.664. The zero-order chi connectivity index (χ0) is 17.6. The van der Waals surface area contributed by atoms with Gasteiger partial charge in [-0.2, -0.15) is 0 Å². The lowest BCUT2D eigenvalue weighted by molar-refractivity contribution is 0.251. The van der Waals surface area contributed by atoms with Crippen LogP contribution >= 0.6 is 0 Å². The van der Waals surface area contributed by atoms with E-state index in [0.29, 0.717) is 18.1 Å². The second kappa shape index (κ2) is 7.59. The number of rotatable bonds is 5. The van der Waals surface area contributed by atoms with E-state index in [2.05, 4.69) is 20.8 Å². The van der Waals surface area contributed by atoms with Crippen LogP contribution in [-0.2, 0) is 13.2 Å². The predicted molar refractivity (Wildman–Crippen MR) is 92.7 cm³/mol. The molecular weight excluding hydrogens is 320 g/mol. The highest BCUT2D eigenvalue weighted by atomic mass is 16.4. The van der Waals surface area contributed by atoms with Crippen LogP contribution in [0.1, 0.15) is 16.7 Å². The molecule has 0 saturated carbocycles. The zero-order valence-electron chi connectivity index (χ0n) is 13.7. The molecule has 0 aliphatic carbocycles. The molecule has 25 heavy (non-hydrogen) atoms. The van der Waals surface area contributed by atoms with Gasteiger partial charge in [0.25, 0.3) is 0 Å². The number of carbonyl (C=O) groups is 1. The highest BCUT2D eigenvalue weighted by molar-refractivity contribution is 5.90. The molecule has 0 atom stereocenters. The van der Waals surface area contributed by atoms with Crippen molar-refractivity contribution in [3.63, 3.8) is 0 Å². The zero-order valence-corrected chi connectivity index (χ0v) is 13.7. The number of nitrogens with zero attached hydrogens (tertiary/aromatic N) is 2. The fourth-order valence-corrected chi connectivity index (χ4v) is 2.41. The third kappa shape index (κ3) is 4.02. The number of aryl methyl sites for hydroxylation is 1. The number of nitrogens with one attached hydrogen (secondary N) is 2. The average Bonchev–Trinajstić information content (AvgIpc) is 3.16. The Labute approximate surface area is 144 Å². The first-order valence-electron chi connectivity index (χ1n) is 7.77. The Bertz CT molecular complexity index is 863. The molecule has 128 valence electrons. The van der Waals surface area contributed by atoms with Crippen LogP contribution in [0.2, 0.25) is 0 Å². The van der Waals surface area contributed by atoms with Gasteiger partial charge in [-0.3, -0.25) is 0 Å². The molecule has 0 saturated heterocycles. The molecule has 7 nitrogen and oxygen atoms in total. The molecule has 7 heteroatoms. The first kappa shape index (κ1) is 16.7. The molecule has 1 heterocycles. The first-order chi connectivity index (χ1) is 12.2. The van der Waals surface area contributed by atoms with Gasteiger partial charge in [-0.1, -0.05) is 30.3 Å². The molecular formula is C18H18N4O3. The van der Waals surface area contributed by atoms with Gasteiger partial charge in [0.2, 0.25) is 12.3 Å². The Kier molecular flexibility index (Phi) is 5.06. The maximum absolute atomic E-state index is 12.2. The molecule has 2 aromatic carbocycles. The van der Waals surface area contributed by atoms with Gasteiger partial charge in [-0.25, -0.2) is 4.79 Å². The lowest BCUT2D eigenvalue weighted by Gasteiger charge is -2.12. The summed E-state index contributed by atoms with van der Waals surface area (Å²) in [7, 11) is 0. The molecule has 0 bridgehead atoms. The van der Waals surface area contributed by atoms with Gasteiger partial charge in [0.05, 0.1) is 6.61 Å². The summed E-state index contributed by atoms with van der Waals surface area (Å²) in [4.78, 5) is 12.2. The SMILES string of the molecule is Cc1ccc(-c2nnco2)cc1NC(=O)NCc1ccccc1CO. The summed E-state index contributed by atoms with van der Waals surface area (Å²) in [6, 6.07) is 12.6. The average molecular weight is 338 g/mol. The topological polar surface area (TPSA) is 100 Å². The van der Waals surface area contributed by atoms with E-state index >= 15 is 0 Å². The summed E-state index contributed by atoms with van der Waals surface area (Å²) in [5, 5.41) is 22.5. The van der Waals surface area contributed by atoms with Gasteiger partial charge in [-0.05, 0) is 35.7 Å². The van der Waals surface area contributed by atoms with Crippen molar-refractivity contribution in [2.75, 3.05) is 5.32 Å². The highest BCUT2D eigenvalue weighted by Crippen LogP contribution is 2.23. The Balaban J connectivity index is 1.67. The van der Waals surface area contributed by atoms with E-state index in [1.807, 2.05) is 43.3 Å². The van der Waals surface area contributed by atoms with Crippen molar-refractivity contribution < 1.29 is 14.3 Å². The van der Waals surface area contributed by atoms with Gasteiger partial charge in [0.1, 0.15) is 0 Å². The lowest BCUT2D eigenvalue weighted by Crippen LogP contribution is -2.28. The molecule has 0 aliphatic heterocycles. The number of hydrogen-bond donors (Lipinski definition) is 3. The smallest absolute Gasteiger partial charge is 0.319 e. The maximum Gasteiger partial charge on any atom is 0.319 e. The molecule has 3 aromatic rings. The molecule has 0 radical (unpaired) electrons. The van der Waals surface area contributed by atoms with Crippen molar-refractivity contribution >= 4 is 11.7 Å². The van der Waals surface area contributed by atoms with Crippen molar-refractivity contribution in [2.24, 2.45) is 0 Å². The van der Waals surface area contributed by atoms with Gasteiger partial charge in [-0.15, -0.1) is 10.2 Å². The summed E-state index contributed by atoms with van der Waals surface area (Å²) in [5.41, 5.74) is 3.95. The van der Waals surface area contributed by atoms with Crippen LogP contribution in [0.5, 0.6) is 0 Å². The van der Waals surface area contributed by atoms with E-state index in [-0.39, 0.29) is 12.6 Å². The Morgan fingerprint density at radius 1 is 1.20 bits per heavy atom. The first-order valence-corrected chi connectivity index (χ1v) is 7.77. The molecule has 3 N–H and O–H groups in total. The number of hydrogen-bond acceptors (Lipinski definition) is 5. The van der Waals surface area contributed by atoms with Gasteiger partial charge < -0.3 is 20.2 Å². The highest BCUT2D eigenvalue weighted by Gasteiger charge is 2.10. The van der Waals surface area contributed by atoms with Crippen molar-refractivity contribution in [3.8, 4) is 11.5 Å². The van der Waals surface area contributed by atoms with Crippen LogP contribution in [-0.4, -0.2) is 21.3 Å². The number of anilines is 1. The fourth-order valence-electron chi connectivity index (χ4n) is 2.41. The second-order valence-electron chi connectivity index (χ2n) is 5.51. The van der Waals surface area contributed by atoms with Crippen LogP contribution in [0.4, 0.5) is 10.5 Å². The summed E-state index contributed by atoms with van der Waals surface area (Å²) < 4.78 is 5.18. The normalized spacial score (nSPS) is 10.5. The van der Waals surface area contributed by atoms with Crippen molar-refractivity contribution in [2.45, 2.75) is 20.1 Å².